The fourth-order valence-electron chi connectivity index (χ4n) is 2.85. The van der Waals surface area contributed by atoms with Crippen molar-refractivity contribution in [1.82, 2.24) is 14.8 Å². The Balaban J connectivity index is 1.62. The average Bonchev–Trinajstić information content (AvgIpc) is 3.09. The number of carbonyl (C=O) groups is 1. The standard InChI is InChI=1S/C23H26N4O2S/c1-5-11-27-21(14-29-20-10-9-17(3)18(4)13-20)25-26-23(27)30-15-22(28)24-19-8-6-7-16(2)12-19/h5-10,12-13H,1,11,14-15H2,2-4H3,(H,24,28). The van der Waals surface area contributed by atoms with Crippen LogP contribution < -0.4 is 10.1 Å². The highest BCUT2D eigenvalue weighted by atomic mass is 32.2. The van der Waals surface area contributed by atoms with Gasteiger partial charge < -0.3 is 10.1 Å². The summed E-state index contributed by atoms with van der Waals surface area (Å²) in [6.07, 6.45) is 1.78. The van der Waals surface area contributed by atoms with E-state index in [9.17, 15) is 4.79 Å². The van der Waals surface area contributed by atoms with Crippen LogP contribution >= 0.6 is 11.8 Å². The van der Waals surface area contributed by atoms with Crippen LogP contribution in [0.25, 0.3) is 0 Å². The first-order chi connectivity index (χ1) is 14.5. The molecule has 30 heavy (non-hydrogen) atoms. The summed E-state index contributed by atoms with van der Waals surface area (Å²) >= 11 is 1.34. The molecule has 0 fully saturated rings. The third-order valence-electron chi connectivity index (χ3n) is 4.59. The zero-order valence-electron chi connectivity index (χ0n) is 17.5. The SMILES string of the molecule is C=CCn1c(COc2ccc(C)c(C)c2)nnc1SCC(=O)Nc1cccc(C)c1. The largest absolute Gasteiger partial charge is 0.486 e. The van der Waals surface area contributed by atoms with Gasteiger partial charge in [-0.3, -0.25) is 9.36 Å². The summed E-state index contributed by atoms with van der Waals surface area (Å²) in [4.78, 5) is 12.3. The fourth-order valence-corrected chi connectivity index (χ4v) is 3.61. The summed E-state index contributed by atoms with van der Waals surface area (Å²) in [6.45, 7) is 10.8. The molecule has 1 amide bonds. The fraction of sp³-hybridized carbons (Fsp3) is 0.261. The Hall–Kier alpha value is -3.06. The van der Waals surface area contributed by atoms with Gasteiger partial charge in [0.1, 0.15) is 12.4 Å². The van der Waals surface area contributed by atoms with Crippen molar-refractivity contribution in [3.63, 3.8) is 0 Å². The molecule has 0 spiro atoms. The van der Waals surface area contributed by atoms with Crippen LogP contribution in [0, 0.1) is 20.8 Å². The third-order valence-corrected chi connectivity index (χ3v) is 5.55. The molecule has 2 aromatic carbocycles. The van der Waals surface area contributed by atoms with Gasteiger partial charge in [-0.15, -0.1) is 16.8 Å². The summed E-state index contributed by atoms with van der Waals surface area (Å²) in [6, 6.07) is 13.7. The number of thioether (sulfide) groups is 1. The van der Waals surface area contributed by atoms with E-state index in [0.29, 0.717) is 24.1 Å². The lowest BCUT2D eigenvalue weighted by molar-refractivity contribution is -0.113. The zero-order valence-corrected chi connectivity index (χ0v) is 18.3. The maximum Gasteiger partial charge on any atom is 0.234 e. The normalized spacial score (nSPS) is 10.6. The van der Waals surface area contributed by atoms with Crippen molar-refractivity contribution in [2.75, 3.05) is 11.1 Å². The van der Waals surface area contributed by atoms with Crippen LogP contribution in [0.3, 0.4) is 0 Å². The summed E-state index contributed by atoms with van der Waals surface area (Å²) in [5.74, 6) is 1.63. The van der Waals surface area contributed by atoms with E-state index in [2.05, 4.69) is 35.9 Å². The second-order valence-electron chi connectivity index (χ2n) is 7.04. The van der Waals surface area contributed by atoms with Crippen molar-refractivity contribution in [3.8, 4) is 5.75 Å². The van der Waals surface area contributed by atoms with Gasteiger partial charge >= 0.3 is 0 Å². The Morgan fingerprint density at radius 3 is 2.73 bits per heavy atom. The summed E-state index contributed by atoms with van der Waals surface area (Å²) in [7, 11) is 0. The average molecular weight is 423 g/mol. The highest BCUT2D eigenvalue weighted by Crippen LogP contribution is 2.21. The van der Waals surface area contributed by atoms with E-state index < -0.39 is 0 Å². The number of nitrogens with zero attached hydrogens (tertiary/aromatic N) is 3. The topological polar surface area (TPSA) is 69.0 Å². The molecule has 3 rings (SSSR count). The van der Waals surface area contributed by atoms with Crippen LogP contribution in [0.1, 0.15) is 22.5 Å². The second-order valence-corrected chi connectivity index (χ2v) is 7.98. The number of amides is 1. The van der Waals surface area contributed by atoms with Crippen molar-refractivity contribution >= 4 is 23.4 Å². The molecule has 0 saturated carbocycles. The summed E-state index contributed by atoms with van der Waals surface area (Å²) in [5, 5.41) is 12.1. The number of nitrogens with one attached hydrogen (secondary N) is 1. The number of allylic oxidation sites excluding steroid dienone is 1. The number of aromatic nitrogens is 3. The molecule has 0 aliphatic rings. The molecule has 3 aromatic rings. The van der Waals surface area contributed by atoms with Crippen molar-refractivity contribution in [3.05, 3.63) is 77.6 Å². The first kappa shape index (κ1) is 21.6. The molecular weight excluding hydrogens is 396 g/mol. The quantitative estimate of drug-likeness (QED) is 0.400. The number of benzene rings is 2. The molecule has 7 heteroatoms. The minimum absolute atomic E-state index is 0.0910. The van der Waals surface area contributed by atoms with Gasteiger partial charge in [-0.2, -0.15) is 0 Å². The maximum absolute atomic E-state index is 12.3. The van der Waals surface area contributed by atoms with Crippen LogP contribution in [-0.2, 0) is 17.9 Å². The highest BCUT2D eigenvalue weighted by Gasteiger charge is 2.14. The number of aryl methyl sites for hydroxylation is 3. The van der Waals surface area contributed by atoms with Gasteiger partial charge in [-0.05, 0) is 61.7 Å². The molecule has 1 heterocycles. The zero-order chi connectivity index (χ0) is 21.5. The molecule has 1 aromatic heterocycles. The molecule has 0 unspecified atom stereocenters. The van der Waals surface area contributed by atoms with Gasteiger partial charge in [0, 0.05) is 12.2 Å². The van der Waals surface area contributed by atoms with Crippen LogP contribution in [0.2, 0.25) is 0 Å². The minimum atomic E-state index is -0.0910. The molecule has 6 nitrogen and oxygen atoms in total. The lowest BCUT2D eigenvalue weighted by atomic mass is 10.1. The van der Waals surface area contributed by atoms with Crippen LogP contribution in [-0.4, -0.2) is 26.4 Å². The Kier molecular flexibility index (Phi) is 7.30. The minimum Gasteiger partial charge on any atom is -0.486 e. The lowest BCUT2D eigenvalue weighted by Crippen LogP contribution is -2.15. The van der Waals surface area contributed by atoms with E-state index in [1.54, 1.807) is 6.08 Å². The molecule has 1 N–H and O–H groups in total. The van der Waals surface area contributed by atoms with Gasteiger partial charge in [0.05, 0.1) is 5.75 Å². The number of hydrogen-bond acceptors (Lipinski definition) is 5. The van der Waals surface area contributed by atoms with E-state index in [1.165, 1.54) is 22.9 Å². The van der Waals surface area contributed by atoms with Crippen LogP contribution in [0.4, 0.5) is 5.69 Å². The third kappa shape index (κ3) is 5.73. The predicted molar refractivity (Wildman–Crippen MR) is 121 cm³/mol. The van der Waals surface area contributed by atoms with E-state index in [4.69, 9.17) is 4.74 Å². The van der Waals surface area contributed by atoms with Crippen molar-refractivity contribution < 1.29 is 9.53 Å². The second kappa shape index (κ2) is 10.1. The molecule has 156 valence electrons. The maximum atomic E-state index is 12.3. The summed E-state index contributed by atoms with van der Waals surface area (Å²) < 4.78 is 7.81. The Labute approximate surface area is 181 Å². The number of rotatable bonds is 9. The molecule has 0 bridgehead atoms. The molecule has 0 aliphatic carbocycles. The van der Waals surface area contributed by atoms with Gasteiger partial charge in [0.2, 0.25) is 5.91 Å². The lowest BCUT2D eigenvalue weighted by Gasteiger charge is -2.10. The number of carbonyl (C=O) groups excluding carboxylic acids is 1. The van der Waals surface area contributed by atoms with Gasteiger partial charge in [0.25, 0.3) is 0 Å². The van der Waals surface area contributed by atoms with E-state index in [1.807, 2.05) is 54.0 Å². The molecule has 0 saturated heterocycles. The van der Waals surface area contributed by atoms with E-state index >= 15 is 0 Å². The van der Waals surface area contributed by atoms with E-state index in [-0.39, 0.29) is 11.7 Å². The Morgan fingerprint density at radius 2 is 2.00 bits per heavy atom. The smallest absolute Gasteiger partial charge is 0.234 e. The molecular formula is C23H26N4O2S. The van der Waals surface area contributed by atoms with Crippen molar-refractivity contribution in [2.24, 2.45) is 0 Å². The van der Waals surface area contributed by atoms with E-state index in [0.717, 1.165) is 17.0 Å². The Bertz CT molecular complexity index is 1050. The van der Waals surface area contributed by atoms with Crippen molar-refractivity contribution in [2.45, 2.75) is 39.1 Å². The summed E-state index contributed by atoms with van der Waals surface area (Å²) in [5.41, 5.74) is 4.28. The van der Waals surface area contributed by atoms with Gasteiger partial charge in [-0.25, -0.2) is 0 Å². The highest BCUT2D eigenvalue weighted by molar-refractivity contribution is 7.99. The molecule has 0 aliphatic heterocycles. The first-order valence-electron chi connectivity index (χ1n) is 9.68. The molecule has 0 atom stereocenters. The Morgan fingerprint density at radius 1 is 1.17 bits per heavy atom. The van der Waals surface area contributed by atoms with Crippen LogP contribution in [0.15, 0.2) is 60.3 Å². The monoisotopic (exact) mass is 422 g/mol. The first-order valence-corrected chi connectivity index (χ1v) is 10.7. The van der Waals surface area contributed by atoms with Crippen molar-refractivity contribution in [1.29, 1.82) is 0 Å². The van der Waals surface area contributed by atoms with Gasteiger partial charge in [-0.1, -0.05) is 36.0 Å². The van der Waals surface area contributed by atoms with Crippen LogP contribution in [0.5, 0.6) is 5.75 Å². The number of anilines is 1. The molecule has 0 radical (unpaired) electrons. The number of ether oxygens (including phenoxy) is 1. The number of hydrogen-bond donors (Lipinski definition) is 1. The van der Waals surface area contributed by atoms with Gasteiger partial charge in [0.15, 0.2) is 11.0 Å². The predicted octanol–water partition coefficient (Wildman–Crippen LogP) is 4.70.